The number of aliphatic hydroxyl groups is 2. The Labute approximate surface area is 175 Å². The quantitative estimate of drug-likeness (QED) is 0.676. The van der Waals surface area contributed by atoms with Gasteiger partial charge in [-0.2, -0.15) is 0 Å². The molecule has 4 aliphatic rings. The molecule has 0 heterocycles. The van der Waals surface area contributed by atoms with Crippen LogP contribution in [0.15, 0.2) is 23.8 Å². The molecular weight excluding hydrogens is 391 g/mol. The molecule has 0 aliphatic heterocycles. The standard InChI is InChI=1S/C23H29FO6/c1-13-8-17-16-5-4-14-9-15(26)6-7-20(14,2)22(16,24)18(27)10-21(17,3)23(13,29)19(28)11-30-12-25/h6-7,9,12-13,16-18,27,29H,4-5,8,10-11H2,1-3H3/t13-,16+,17+,18+,20+,21+,22+,23+/m1/s1. The van der Waals surface area contributed by atoms with Crippen LogP contribution in [0.4, 0.5) is 4.39 Å². The van der Waals surface area contributed by atoms with Gasteiger partial charge >= 0.3 is 0 Å². The van der Waals surface area contributed by atoms with Gasteiger partial charge < -0.3 is 14.9 Å². The fourth-order valence-corrected chi connectivity index (χ4v) is 7.36. The van der Waals surface area contributed by atoms with Crippen molar-refractivity contribution in [2.24, 2.45) is 28.6 Å². The topological polar surface area (TPSA) is 101 Å². The van der Waals surface area contributed by atoms with Crippen molar-refractivity contribution in [3.63, 3.8) is 0 Å². The number of hydrogen-bond donors (Lipinski definition) is 2. The van der Waals surface area contributed by atoms with Crippen molar-refractivity contribution < 1.29 is 33.7 Å². The molecule has 0 unspecified atom stereocenters. The molecule has 4 rings (SSSR count). The number of carbonyl (C=O) groups excluding carboxylic acids is 3. The fourth-order valence-electron chi connectivity index (χ4n) is 7.36. The van der Waals surface area contributed by atoms with Crippen LogP contribution < -0.4 is 0 Å². The van der Waals surface area contributed by atoms with Gasteiger partial charge in [0.25, 0.3) is 6.47 Å². The van der Waals surface area contributed by atoms with Crippen molar-refractivity contribution in [2.75, 3.05) is 6.61 Å². The minimum atomic E-state index is -2.01. The lowest BCUT2D eigenvalue weighted by molar-refractivity contribution is -0.219. The molecule has 0 bridgehead atoms. The van der Waals surface area contributed by atoms with Crippen LogP contribution in [0, 0.1) is 28.6 Å². The Kier molecular flexibility index (Phi) is 4.68. The van der Waals surface area contributed by atoms with Gasteiger partial charge in [-0.15, -0.1) is 0 Å². The summed E-state index contributed by atoms with van der Waals surface area (Å²) < 4.78 is 21.6. The first-order chi connectivity index (χ1) is 14.0. The Hall–Kier alpha value is -1.86. The second kappa shape index (κ2) is 6.57. The van der Waals surface area contributed by atoms with Crippen LogP contribution in [0.5, 0.6) is 0 Å². The number of alkyl halides is 1. The lowest BCUT2D eigenvalue weighted by Crippen LogP contribution is -2.69. The first-order valence-corrected chi connectivity index (χ1v) is 10.6. The number of carbonyl (C=O) groups is 3. The molecule has 0 aromatic heterocycles. The predicted molar refractivity (Wildman–Crippen MR) is 105 cm³/mol. The van der Waals surface area contributed by atoms with Crippen molar-refractivity contribution in [1.29, 1.82) is 0 Å². The number of aliphatic hydroxyl groups excluding tert-OH is 1. The van der Waals surface area contributed by atoms with Crippen molar-refractivity contribution in [3.8, 4) is 0 Å². The zero-order valence-corrected chi connectivity index (χ0v) is 17.6. The van der Waals surface area contributed by atoms with Gasteiger partial charge in [-0.1, -0.05) is 25.5 Å². The summed E-state index contributed by atoms with van der Waals surface area (Å²) in [5.74, 6) is -2.18. The first-order valence-electron chi connectivity index (χ1n) is 10.6. The van der Waals surface area contributed by atoms with Crippen molar-refractivity contribution >= 4 is 18.0 Å². The third-order valence-corrected chi connectivity index (χ3v) is 8.93. The minimum Gasteiger partial charge on any atom is -0.460 e. The average molecular weight is 420 g/mol. The molecule has 7 heteroatoms. The van der Waals surface area contributed by atoms with E-state index in [1.807, 2.05) is 0 Å². The minimum absolute atomic E-state index is 0.0943. The van der Waals surface area contributed by atoms with Gasteiger partial charge in [0.05, 0.1) is 6.10 Å². The second-order valence-corrected chi connectivity index (χ2v) is 10.00. The highest BCUT2D eigenvalue weighted by Crippen LogP contribution is 2.70. The van der Waals surface area contributed by atoms with Gasteiger partial charge in [0.2, 0.25) is 5.78 Å². The fraction of sp³-hybridized carbons (Fsp3) is 0.696. The number of Topliss-reactive ketones (excluding diaryl/α,β-unsaturated/α-hetero) is 1. The zero-order chi connectivity index (χ0) is 22.1. The highest BCUT2D eigenvalue weighted by Gasteiger charge is 2.75. The summed E-state index contributed by atoms with van der Waals surface area (Å²) in [6.45, 7) is 4.84. The van der Waals surface area contributed by atoms with E-state index in [0.29, 0.717) is 24.8 Å². The van der Waals surface area contributed by atoms with Gasteiger partial charge in [-0.05, 0) is 56.6 Å². The number of allylic oxidation sites excluding steroid dienone is 4. The number of hydrogen-bond acceptors (Lipinski definition) is 6. The Morgan fingerprint density at radius 1 is 1.37 bits per heavy atom. The summed E-state index contributed by atoms with van der Waals surface area (Å²) in [6.07, 6.45) is 4.29. The molecule has 30 heavy (non-hydrogen) atoms. The van der Waals surface area contributed by atoms with E-state index in [0.717, 1.165) is 0 Å². The Balaban J connectivity index is 1.78. The van der Waals surface area contributed by atoms with Crippen LogP contribution >= 0.6 is 0 Å². The molecule has 0 saturated heterocycles. The number of fused-ring (bicyclic) bond motifs is 5. The maximum atomic E-state index is 17.0. The van der Waals surface area contributed by atoms with Crippen molar-refractivity contribution in [3.05, 3.63) is 23.8 Å². The zero-order valence-electron chi connectivity index (χ0n) is 17.6. The Morgan fingerprint density at radius 2 is 2.07 bits per heavy atom. The van der Waals surface area contributed by atoms with Crippen molar-refractivity contribution in [2.45, 2.75) is 63.8 Å². The molecule has 0 spiro atoms. The van der Waals surface area contributed by atoms with E-state index in [-0.39, 0.29) is 24.6 Å². The van der Waals surface area contributed by atoms with Gasteiger partial charge in [-0.3, -0.25) is 14.4 Å². The van der Waals surface area contributed by atoms with Gasteiger partial charge in [-0.25, -0.2) is 4.39 Å². The molecule has 3 fully saturated rings. The molecule has 0 aromatic carbocycles. The van der Waals surface area contributed by atoms with Crippen LogP contribution in [-0.2, 0) is 19.1 Å². The highest BCUT2D eigenvalue weighted by molar-refractivity contribution is 6.01. The van der Waals surface area contributed by atoms with Crippen LogP contribution in [-0.4, -0.2) is 52.2 Å². The maximum Gasteiger partial charge on any atom is 0.293 e. The largest absolute Gasteiger partial charge is 0.460 e. The maximum absolute atomic E-state index is 17.0. The van der Waals surface area contributed by atoms with Gasteiger partial charge in [0.1, 0.15) is 5.60 Å². The van der Waals surface area contributed by atoms with E-state index in [1.54, 1.807) is 26.8 Å². The van der Waals surface area contributed by atoms with E-state index in [1.165, 1.54) is 12.2 Å². The Morgan fingerprint density at radius 3 is 2.73 bits per heavy atom. The lowest BCUT2D eigenvalue weighted by Gasteiger charge is -2.62. The van der Waals surface area contributed by atoms with E-state index < -0.39 is 52.4 Å². The van der Waals surface area contributed by atoms with Crippen LogP contribution in [0.25, 0.3) is 0 Å². The van der Waals surface area contributed by atoms with E-state index in [2.05, 4.69) is 4.74 Å². The molecule has 8 atom stereocenters. The second-order valence-electron chi connectivity index (χ2n) is 10.00. The van der Waals surface area contributed by atoms with Crippen molar-refractivity contribution in [1.82, 2.24) is 0 Å². The summed E-state index contributed by atoms with van der Waals surface area (Å²) in [5, 5.41) is 22.8. The number of rotatable bonds is 4. The van der Waals surface area contributed by atoms with E-state index in [4.69, 9.17) is 0 Å². The highest BCUT2D eigenvalue weighted by atomic mass is 19.1. The molecule has 2 N–H and O–H groups in total. The van der Waals surface area contributed by atoms with Crippen LogP contribution in [0.3, 0.4) is 0 Å². The summed E-state index contributed by atoms with van der Waals surface area (Å²) in [7, 11) is 0. The normalized spacial score (nSPS) is 49.5. The smallest absolute Gasteiger partial charge is 0.293 e. The number of ketones is 2. The average Bonchev–Trinajstić information content (AvgIpc) is 2.89. The van der Waals surface area contributed by atoms with E-state index in [9.17, 15) is 24.6 Å². The number of halogens is 1. The van der Waals surface area contributed by atoms with Gasteiger partial charge in [0.15, 0.2) is 18.1 Å². The number of ether oxygens (including phenoxy) is 1. The summed E-state index contributed by atoms with van der Waals surface area (Å²) in [5.41, 5.74) is -5.31. The summed E-state index contributed by atoms with van der Waals surface area (Å²) in [6, 6.07) is 0. The van der Waals surface area contributed by atoms with Crippen LogP contribution in [0.1, 0.15) is 46.5 Å². The molecule has 164 valence electrons. The molecule has 6 nitrogen and oxygen atoms in total. The third kappa shape index (κ3) is 2.33. The molecule has 0 radical (unpaired) electrons. The van der Waals surface area contributed by atoms with E-state index >= 15 is 4.39 Å². The molecule has 0 aromatic rings. The summed E-state index contributed by atoms with van der Waals surface area (Å²) >= 11 is 0. The molecular formula is C23H29FO6. The third-order valence-electron chi connectivity index (χ3n) is 8.93. The monoisotopic (exact) mass is 420 g/mol. The molecule has 0 amide bonds. The van der Waals surface area contributed by atoms with Gasteiger partial charge in [0, 0.05) is 16.7 Å². The van der Waals surface area contributed by atoms with Crippen LogP contribution in [0.2, 0.25) is 0 Å². The SMILES string of the molecule is C[C@@H]1C[C@H]2[C@@H]3CCC4=CC(=O)C=C[C@]4(C)[C@@]3(F)[C@@H](O)C[C@]2(C)[C@@]1(O)C(=O)COC=O. The Bertz CT molecular complexity index is 866. The predicted octanol–water partition coefficient (Wildman–Crippen LogP) is 2.08. The first kappa shape index (κ1) is 21.4. The molecule has 4 aliphatic carbocycles. The lowest BCUT2D eigenvalue weighted by atomic mass is 9.44. The molecule has 3 saturated carbocycles. The summed E-state index contributed by atoms with van der Waals surface area (Å²) in [4.78, 5) is 35.3.